The Bertz CT molecular complexity index is 622. The molecule has 0 bridgehead atoms. The van der Waals surface area contributed by atoms with Crippen molar-refractivity contribution >= 4 is 22.8 Å². The molecule has 1 fully saturated rings. The molecule has 1 aliphatic rings. The van der Waals surface area contributed by atoms with Crippen molar-refractivity contribution in [2.45, 2.75) is 18.9 Å². The van der Waals surface area contributed by atoms with Crippen LogP contribution in [0.4, 0.5) is 5.82 Å². The van der Waals surface area contributed by atoms with E-state index in [2.05, 4.69) is 20.4 Å². The highest BCUT2D eigenvalue weighted by Crippen LogP contribution is 2.29. The van der Waals surface area contributed by atoms with Crippen molar-refractivity contribution in [2.24, 2.45) is 7.05 Å². The van der Waals surface area contributed by atoms with E-state index in [1.54, 1.807) is 17.9 Å². The highest BCUT2D eigenvalue weighted by atomic mass is 16.2. The third kappa shape index (κ3) is 1.81. The second kappa shape index (κ2) is 4.49. The number of hydrogen-bond donors (Lipinski definition) is 1. The van der Waals surface area contributed by atoms with E-state index in [-0.39, 0.29) is 11.9 Å². The molecule has 0 radical (unpaired) electrons. The Balaban J connectivity index is 2.06. The van der Waals surface area contributed by atoms with Gasteiger partial charge < -0.3 is 10.2 Å². The van der Waals surface area contributed by atoms with Gasteiger partial charge in [-0.2, -0.15) is 5.10 Å². The lowest BCUT2D eigenvalue weighted by atomic mass is 10.2. The lowest BCUT2D eigenvalue weighted by Crippen LogP contribution is -2.42. The number of carbonyl (C=O) groups is 1. The van der Waals surface area contributed by atoms with E-state index < -0.39 is 0 Å². The molecule has 100 valence electrons. The minimum absolute atomic E-state index is 0.0353. The first-order valence-corrected chi connectivity index (χ1v) is 6.33. The standard InChI is InChI=1S/C12H16N6O/c1-13-12(19)9-4-3-5-18(9)11-8-6-16-17(2)10(8)14-7-15-11/h6-7,9H,3-5H2,1-2H3,(H,13,19). The van der Waals surface area contributed by atoms with E-state index in [1.165, 1.54) is 6.33 Å². The molecule has 1 unspecified atom stereocenters. The summed E-state index contributed by atoms with van der Waals surface area (Å²) in [5, 5.41) is 7.81. The topological polar surface area (TPSA) is 75.9 Å². The van der Waals surface area contributed by atoms with Crippen LogP contribution in [0.1, 0.15) is 12.8 Å². The van der Waals surface area contributed by atoms with Gasteiger partial charge in [0.25, 0.3) is 0 Å². The van der Waals surface area contributed by atoms with E-state index in [0.29, 0.717) is 0 Å². The molecule has 0 aliphatic carbocycles. The summed E-state index contributed by atoms with van der Waals surface area (Å²) < 4.78 is 1.71. The van der Waals surface area contributed by atoms with Crippen LogP contribution in [0.25, 0.3) is 11.0 Å². The number of amides is 1. The number of nitrogens with zero attached hydrogens (tertiary/aromatic N) is 5. The first-order chi connectivity index (χ1) is 9.22. The van der Waals surface area contributed by atoms with E-state index in [0.717, 1.165) is 36.2 Å². The summed E-state index contributed by atoms with van der Waals surface area (Å²) in [6.07, 6.45) is 5.12. The van der Waals surface area contributed by atoms with Crippen molar-refractivity contribution in [3.05, 3.63) is 12.5 Å². The van der Waals surface area contributed by atoms with Crippen LogP contribution < -0.4 is 10.2 Å². The number of carbonyl (C=O) groups excluding carboxylic acids is 1. The summed E-state index contributed by atoms with van der Waals surface area (Å²) in [4.78, 5) is 22.5. The van der Waals surface area contributed by atoms with Crippen molar-refractivity contribution in [2.75, 3.05) is 18.5 Å². The van der Waals surface area contributed by atoms with Crippen LogP contribution >= 0.6 is 0 Å². The molecule has 1 saturated heterocycles. The highest BCUT2D eigenvalue weighted by molar-refractivity contribution is 5.91. The van der Waals surface area contributed by atoms with Crippen molar-refractivity contribution in [3.8, 4) is 0 Å². The maximum absolute atomic E-state index is 11.9. The van der Waals surface area contributed by atoms with Gasteiger partial charge >= 0.3 is 0 Å². The number of rotatable bonds is 2. The number of anilines is 1. The molecule has 1 N–H and O–H groups in total. The zero-order valence-corrected chi connectivity index (χ0v) is 11.0. The van der Waals surface area contributed by atoms with Gasteiger partial charge in [0, 0.05) is 20.6 Å². The number of likely N-dealkylation sites (N-methyl/N-ethyl adjacent to an activating group) is 1. The fraction of sp³-hybridized carbons (Fsp3) is 0.500. The highest BCUT2D eigenvalue weighted by Gasteiger charge is 2.32. The SMILES string of the molecule is CNC(=O)C1CCCN1c1ncnc2c1cnn2C. The quantitative estimate of drug-likeness (QED) is 0.827. The molecule has 0 saturated carbocycles. The lowest BCUT2D eigenvalue weighted by molar-refractivity contribution is -0.121. The van der Waals surface area contributed by atoms with E-state index >= 15 is 0 Å². The van der Waals surface area contributed by atoms with Gasteiger partial charge in [0.15, 0.2) is 5.65 Å². The Morgan fingerprint density at radius 3 is 3.11 bits per heavy atom. The lowest BCUT2D eigenvalue weighted by Gasteiger charge is -2.24. The molecule has 1 atom stereocenters. The summed E-state index contributed by atoms with van der Waals surface area (Å²) in [5.74, 6) is 0.831. The summed E-state index contributed by atoms with van der Waals surface area (Å²) in [6.45, 7) is 0.832. The van der Waals surface area contributed by atoms with Crippen LogP contribution in [-0.4, -0.2) is 45.3 Å². The van der Waals surface area contributed by atoms with Crippen LogP contribution in [0.3, 0.4) is 0 Å². The van der Waals surface area contributed by atoms with Crippen molar-refractivity contribution in [3.63, 3.8) is 0 Å². The van der Waals surface area contributed by atoms with Crippen molar-refractivity contribution < 1.29 is 4.79 Å². The van der Waals surface area contributed by atoms with Crippen molar-refractivity contribution in [1.82, 2.24) is 25.1 Å². The number of fused-ring (bicyclic) bond motifs is 1. The monoisotopic (exact) mass is 260 g/mol. The van der Waals surface area contributed by atoms with Crippen LogP contribution in [0, 0.1) is 0 Å². The normalized spacial score (nSPS) is 19.1. The minimum Gasteiger partial charge on any atom is -0.357 e. The number of hydrogen-bond acceptors (Lipinski definition) is 5. The summed E-state index contributed by atoms with van der Waals surface area (Å²) in [7, 11) is 3.51. The average molecular weight is 260 g/mol. The van der Waals surface area contributed by atoms with Gasteiger partial charge in [0.1, 0.15) is 18.2 Å². The molecule has 1 amide bonds. The zero-order chi connectivity index (χ0) is 13.4. The maximum Gasteiger partial charge on any atom is 0.242 e. The van der Waals surface area contributed by atoms with E-state index in [9.17, 15) is 4.79 Å². The first kappa shape index (κ1) is 11.9. The molecule has 0 spiro atoms. The van der Waals surface area contributed by atoms with Crippen LogP contribution in [0.5, 0.6) is 0 Å². The Morgan fingerprint density at radius 2 is 2.32 bits per heavy atom. The molecule has 0 aromatic carbocycles. The third-order valence-electron chi connectivity index (χ3n) is 3.58. The Kier molecular flexibility index (Phi) is 2.81. The number of nitrogens with one attached hydrogen (secondary N) is 1. The molecule has 2 aromatic rings. The Labute approximate surface area is 110 Å². The van der Waals surface area contributed by atoms with E-state index in [1.807, 2.05) is 11.9 Å². The third-order valence-corrected chi connectivity index (χ3v) is 3.58. The second-order valence-corrected chi connectivity index (χ2v) is 4.67. The van der Waals surface area contributed by atoms with Crippen molar-refractivity contribution in [1.29, 1.82) is 0 Å². The summed E-state index contributed by atoms with van der Waals surface area (Å²) in [6, 6.07) is -0.150. The zero-order valence-electron chi connectivity index (χ0n) is 11.0. The van der Waals surface area contributed by atoms with Gasteiger partial charge in [0.05, 0.1) is 11.6 Å². The van der Waals surface area contributed by atoms with Gasteiger partial charge in [-0.15, -0.1) is 0 Å². The maximum atomic E-state index is 11.9. The predicted molar refractivity (Wildman–Crippen MR) is 70.7 cm³/mol. The molecule has 7 heteroatoms. The Hall–Kier alpha value is -2.18. The number of aryl methyl sites for hydroxylation is 1. The number of aromatic nitrogens is 4. The van der Waals surface area contributed by atoms with Gasteiger partial charge in [-0.05, 0) is 12.8 Å². The molecule has 7 nitrogen and oxygen atoms in total. The fourth-order valence-electron chi connectivity index (χ4n) is 2.64. The minimum atomic E-state index is -0.150. The fourth-order valence-corrected chi connectivity index (χ4v) is 2.64. The van der Waals surface area contributed by atoms with Gasteiger partial charge in [-0.3, -0.25) is 9.48 Å². The largest absolute Gasteiger partial charge is 0.357 e. The summed E-state index contributed by atoms with van der Waals surface area (Å²) >= 11 is 0. The molecule has 3 rings (SSSR count). The molecular weight excluding hydrogens is 244 g/mol. The molecule has 1 aliphatic heterocycles. The predicted octanol–water partition coefficient (Wildman–Crippen LogP) is 0.0781. The van der Waals surface area contributed by atoms with Gasteiger partial charge in [-0.25, -0.2) is 9.97 Å². The molecule has 2 aromatic heterocycles. The first-order valence-electron chi connectivity index (χ1n) is 6.33. The van der Waals surface area contributed by atoms with Crippen LogP contribution in [0.15, 0.2) is 12.5 Å². The summed E-state index contributed by atoms with van der Waals surface area (Å²) in [5.41, 5.74) is 0.785. The second-order valence-electron chi connectivity index (χ2n) is 4.67. The van der Waals surface area contributed by atoms with Gasteiger partial charge in [0.2, 0.25) is 5.91 Å². The average Bonchev–Trinajstić information content (AvgIpc) is 3.05. The van der Waals surface area contributed by atoms with Crippen LogP contribution in [-0.2, 0) is 11.8 Å². The Morgan fingerprint density at radius 1 is 1.47 bits per heavy atom. The molecule has 3 heterocycles. The molecular formula is C12H16N6O. The smallest absolute Gasteiger partial charge is 0.242 e. The molecule has 19 heavy (non-hydrogen) atoms. The van der Waals surface area contributed by atoms with Gasteiger partial charge in [-0.1, -0.05) is 0 Å². The van der Waals surface area contributed by atoms with E-state index in [4.69, 9.17) is 0 Å². The van der Waals surface area contributed by atoms with Crippen LogP contribution in [0.2, 0.25) is 0 Å².